The molecule has 0 saturated heterocycles. The number of nitrogens with zero attached hydrogens (tertiary/aromatic N) is 7. The van der Waals surface area contributed by atoms with Crippen LogP contribution < -0.4 is 15.8 Å². The second-order valence-electron chi connectivity index (χ2n) is 8.26. The molecule has 0 amide bonds. The Morgan fingerprint density at radius 2 is 1.84 bits per heavy atom. The lowest BCUT2D eigenvalue weighted by atomic mass is 10.0. The van der Waals surface area contributed by atoms with Gasteiger partial charge in [0.15, 0.2) is 5.82 Å². The molecule has 0 aliphatic heterocycles. The first-order valence-corrected chi connectivity index (χ1v) is 11.6. The van der Waals surface area contributed by atoms with Gasteiger partial charge >= 0.3 is 6.18 Å². The zero-order chi connectivity index (χ0) is 26.7. The monoisotopic (exact) mass is 521 g/mol. The summed E-state index contributed by atoms with van der Waals surface area (Å²) in [5, 5.41) is 6.44. The van der Waals surface area contributed by atoms with Crippen LogP contribution in [0.15, 0.2) is 61.3 Å². The van der Waals surface area contributed by atoms with E-state index in [9.17, 15) is 13.2 Å². The van der Waals surface area contributed by atoms with Crippen molar-refractivity contribution in [1.29, 1.82) is 0 Å². The van der Waals surface area contributed by atoms with Crippen LogP contribution in [0.4, 0.5) is 24.9 Å². The van der Waals surface area contributed by atoms with Crippen LogP contribution in [0.1, 0.15) is 18.1 Å². The zero-order valence-electron chi connectivity index (χ0n) is 20.1. The Morgan fingerprint density at radius 3 is 2.50 bits per heavy atom. The smallest absolute Gasteiger partial charge is 0.405 e. The van der Waals surface area contributed by atoms with E-state index in [1.165, 1.54) is 6.33 Å². The maximum absolute atomic E-state index is 13.0. The van der Waals surface area contributed by atoms with Gasteiger partial charge in [0.05, 0.1) is 18.0 Å². The Labute approximate surface area is 214 Å². The minimum atomic E-state index is -4.46. The first-order chi connectivity index (χ1) is 18.3. The van der Waals surface area contributed by atoms with Gasteiger partial charge in [-0.25, -0.2) is 24.6 Å². The Balaban J connectivity index is 1.59. The van der Waals surface area contributed by atoms with E-state index in [0.29, 0.717) is 41.2 Å². The number of hydrogen-bond acceptors (Lipinski definition) is 9. The summed E-state index contributed by atoms with van der Waals surface area (Å²) >= 11 is 0. The lowest BCUT2D eigenvalue weighted by molar-refractivity contribution is -0.115. The van der Waals surface area contributed by atoms with E-state index in [2.05, 4.69) is 35.3 Å². The standard InChI is InChI=1S/C25H22F3N9O/c1-2-38-20-8-5-16(11-31-20)19-10-17(9-15-3-6-18(7-4-15)37-14-30-13-33-37)21-22(34-19)23(36-24(29)35-21)32-12-25(26,27)28/h3-8,10-11,13-14H,2,9,12H2,1H3,(H3,29,32,35,36). The molecular weight excluding hydrogens is 499 g/mol. The SMILES string of the molecule is CCOc1ccc(-c2cc(Cc3ccc(-n4cncn4)cc3)c3nc(N)nc(NCC(F)(F)F)c3n2)cn1. The molecule has 0 aliphatic rings. The largest absolute Gasteiger partial charge is 0.478 e. The van der Waals surface area contributed by atoms with Gasteiger partial charge in [-0.3, -0.25) is 0 Å². The molecule has 0 unspecified atom stereocenters. The van der Waals surface area contributed by atoms with Crippen LogP contribution >= 0.6 is 0 Å². The average Bonchev–Trinajstić information content (AvgIpc) is 3.43. The van der Waals surface area contributed by atoms with E-state index in [1.807, 2.05) is 37.3 Å². The van der Waals surface area contributed by atoms with Crippen molar-refractivity contribution in [2.45, 2.75) is 19.5 Å². The van der Waals surface area contributed by atoms with Crippen molar-refractivity contribution in [2.24, 2.45) is 0 Å². The molecule has 3 N–H and O–H groups in total. The van der Waals surface area contributed by atoms with Crippen LogP contribution in [0.25, 0.3) is 28.0 Å². The van der Waals surface area contributed by atoms with Crippen LogP contribution in [0, 0.1) is 0 Å². The summed E-state index contributed by atoms with van der Waals surface area (Å²) in [5.41, 5.74) is 10.0. The fourth-order valence-electron chi connectivity index (χ4n) is 3.87. The maximum Gasteiger partial charge on any atom is 0.405 e. The first kappa shape index (κ1) is 24.9. The van der Waals surface area contributed by atoms with Gasteiger partial charge in [-0.2, -0.15) is 23.3 Å². The number of anilines is 2. The molecule has 4 aromatic heterocycles. The number of nitrogens with one attached hydrogen (secondary N) is 1. The number of ether oxygens (including phenoxy) is 1. The molecule has 0 aliphatic carbocycles. The third kappa shape index (κ3) is 5.61. The number of fused-ring (bicyclic) bond motifs is 1. The number of nitrogen functional groups attached to an aromatic ring is 1. The molecule has 5 aromatic rings. The van der Waals surface area contributed by atoms with Crippen molar-refractivity contribution >= 4 is 22.8 Å². The quantitative estimate of drug-likeness (QED) is 0.308. The third-order valence-corrected chi connectivity index (χ3v) is 5.54. The highest BCUT2D eigenvalue weighted by molar-refractivity contribution is 5.91. The van der Waals surface area contributed by atoms with Gasteiger partial charge in [0.2, 0.25) is 11.8 Å². The molecule has 4 heterocycles. The number of benzene rings is 1. The number of nitrogens with two attached hydrogens (primary N) is 1. The van der Waals surface area contributed by atoms with Gasteiger partial charge in [-0.05, 0) is 48.7 Å². The number of alkyl halides is 3. The Hall–Kier alpha value is -4.81. The molecule has 194 valence electrons. The summed E-state index contributed by atoms with van der Waals surface area (Å²) in [4.78, 5) is 21.2. The van der Waals surface area contributed by atoms with Gasteiger partial charge in [0.25, 0.3) is 0 Å². The first-order valence-electron chi connectivity index (χ1n) is 11.6. The Kier molecular flexibility index (Phi) is 6.73. The highest BCUT2D eigenvalue weighted by Gasteiger charge is 2.28. The Bertz CT molecular complexity index is 1540. The minimum Gasteiger partial charge on any atom is -0.478 e. The number of halogens is 3. The second-order valence-corrected chi connectivity index (χ2v) is 8.26. The van der Waals surface area contributed by atoms with Crippen molar-refractivity contribution in [2.75, 3.05) is 24.2 Å². The predicted octanol–water partition coefficient (Wildman–Crippen LogP) is 4.21. The minimum absolute atomic E-state index is 0.103. The van der Waals surface area contributed by atoms with E-state index in [-0.39, 0.29) is 17.3 Å². The molecule has 0 fully saturated rings. The molecule has 13 heteroatoms. The van der Waals surface area contributed by atoms with Gasteiger partial charge < -0.3 is 15.8 Å². The van der Waals surface area contributed by atoms with Gasteiger partial charge in [-0.1, -0.05) is 12.1 Å². The summed E-state index contributed by atoms with van der Waals surface area (Å²) in [6.45, 7) is 1.02. The molecule has 0 bridgehead atoms. The number of hydrogen-bond donors (Lipinski definition) is 2. The zero-order valence-corrected chi connectivity index (χ0v) is 20.1. The highest BCUT2D eigenvalue weighted by atomic mass is 19.4. The van der Waals surface area contributed by atoms with Crippen molar-refractivity contribution in [1.82, 2.24) is 34.7 Å². The van der Waals surface area contributed by atoms with Crippen molar-refractivity contribution in [3.05, 3.63) is 72.4 Å². The topological polar surface area (TPSA) is 130 Å². The van der Waals surface area contributed by atoms with Gasteiger partial charge in [0, 0.05) is 17.8 Å². The van der Waals surface area contributed by atoms with Crippen molar-refractivity contribution in [3.63, 3.8) is 0 Å². The van der Waals surface area contributed by atoms with E-state index in [1.54, 1.807) is 29.3 Å². The van der Waals surface area contributed by atoms with Crippen molar-refractivity contribution < 1.29 is 17.9 Å². The molecule has 0 atom stereocenters. The molecule has 5 rings (SSSR count). The summed E-state index contributed by atoms with van der Waals surface area (Å²) in [5.74, 6) is 0.184. The molecular formula is C25H22F3N9O. The summed E-state index contributed by atoms with van der Waals surface area (Å²) < 4.78 is 46.0. The summed E-state index contributed by atoms with van der Waals surface area (Å²) in [7, 11) is 0. The second kappa shape index (κ2) is 10.3. The number of pyridine rings is 2. The van der Waals surface area contributed by atoms with Crippen molar-refractivity contribution in [3.8, 4) is 22.8 Å². The molecule has 0 saturated carbocycles. The third-order valence-electron chi connectivity index (χ3n) is 5.54. The summed E-state index contributed by atoms with van der Waals surface area (Å²) in [6, 6.07) is 12.9. The van der Waals surface area contributed by atoms with E-state index in [0.717, 1.165) is 11.3 Å². The fourth-order valence-corrected chi connectivity index (χ4v) is 3.87. The van der Waals surface area contributed by atoms with E-state index in [4.69, 9.17) is 10.5 Å². The normalized spacial score (nSPS) is 11.6. The van der Waals surface area contributed by atoms with Crippen LogP contribution in [0.2, 0.25) is 0 Å². The maximum atomic E-state index is 13.0. The fraction of sp³-hybridized carbons (Fsp3) is 0.200. The van der Waals surface area contributed by atoms with Crippen LogP contribution in [0.3, 0.4) is 0 Å². The molecule has 1 aromatic carbocycles. The number of aromatic nitrogens is 7. The lowest BCUT2D eigenvalue weighted by Gasteiger charge is -2.15. The van der Waals surface area contributed by atoms with E-state index >= 15 is 0 Å². The van der Waals surface area contributed by atoms with Crippen LogP contribution in [0.5, 0.6) is 5.88 Å². The molecule has 38 heavy (non-hydrogen) atoms. The average molecular weight is 522 g/mol. The lowest BCUT2D eigenvalue weighted by Crippen LogP contribution is -2.22. The Morgan fingerprint density at radius 1 is 1.03 bits per heavy atom. The highest BCUT2D eigenvalue weighted by Crippen LogP contribution is 2.30. The van der Waals surface area contributed by atoms with Crippen LogP contribution in [-0.4, -0.2) is 54.0 Å². The van der Waals surface area contributed by atoms with Crippen LogP contribution in [-0.2, 0) is 6.42 Å². The predicted molar refractivity (Wildman–Crippen MR) is 135 cm³/mol. The molecule has 10 nitrogen and oxygen atoms in total. The molecule has 0 radical (unpaired) electrons. The van der Waals surface area contributed by atoms with Gasteiger partial charge in [-0.15, -0.1) is 0 Å². The molecule has 0 spiro atoms. The number of rotatable bonds is 8. The summed E-state index contributed by atoms with van der Waals surface area (Å²) in [6.07, 6.45) is 0.581. The van der Waals surface area contributed by atoms with E-state index < -0.39 is 12.7 Å². The van der Waals surface area contributed by atoms with Gasteiger partial charge in [0.1, 0.15) is 30.2 Å².